The van der Waals surface area contributed by atoms with Crippen LogP contribution >= 0.6 is 11.6 Å². The van der Waals surface area contributed by atoms with Crippen molar-refractivity contribution >= 4 is 17.3 Å². The van der Waals surface area contributed by atoms with Gasteiger partial charge in [0.25, 0.3) is 5.69 Å². The molecular weight excluding hydrogens is 242 g/mol. The quantitative estimate of drug-likeness (QED) is 0.607. The molecule has 0 unspecified atom stereocenters. The predicted octanol–water partition coefficient (Wildman–Crippen LogP) is 3.82. The molecular formula is C12H14ClNO3. The van der Waals surface area contributed by atoms with Crippen LogP contribution in [0.2, 0.25) is 5.02 Å². The summed E-state index contributed by atoms with van der Waals surface area (Å²) in [5.74, 6) is 1.22. The fourth-order valence-corrected chi connectivity index (χ4v) is 2.36. The molecule has 1 saturated carbocycles. The van der Waals surface area contributed by atoms with Crippen molar-refractivity contribution in [3.05, 3.63) is 33.3 Å². The highest BCUT2D eigenvalue weighted by Gasteiger charge is 2.17. The van der Waals surface area contributed by atoms with Gasteiger partial charge in [-0.05, 0) is 24.8 Å². The SMILES string of the molecule is O=[N+]([O-])c1ccc(OCC2CCCC2)cc1Cl. The standard InChI is InChI=1S/C12H14ClNO3/c13-11-7-10(5-6-12(11)14(15)16)17-8-9-3-1-2-4-9/h5-7,9H,1-4,8H2. The molecule has 0 radical (unpaired) electrons. The first-order valence-corrected chi connectivity index (χ1v) is 6.11. The third-order valence-corrected chi connectivity index (χ3v) is 3.38. The van der Waals surface area contributed by atoms with Gasteiger partial charge in [0.2, 0.25) is 0 Å². The molecule has 1 fully saturated rings. The summed E-state index contributed by atoms with van der Waals surface area (Å²) in [6.45, 7) is 0.675. The highest BCUT2D eigenvalue weighted by atomic mass is 35.5. The van der Waals surface area contributed by atoms with E-state index in [2.05, 4.69) is 0 Å². The second-order valence-corrected chi connectivity index (χ2v) is 4.74. The normalized spacial score (nSPS) is 16.1. The van der Waals surface area contributed by atoms with Crippen LogP contribution in [0, 0.1) is 16.0 Å². The van der Waals surface area contributed by atoms with Gasteiger partial charge in [-0.25, -0.2) is 0 Å². The highest BCUT2D eigenvalue weighted by Crippen LogP contribution is 2.30. The Kier molecular flexibility index (Phi) is 3.84. The maximum absolute atomic E-state index is 10.6. The largest absolute Gasteiger partial charge is 0.493 e. The second kappa shape index (κ2) is 5.36. The molecule has 2 rings (SSSR count). The first-order valence-electron chi connectivity index (χ1n) is 5.73. The monoisotopic (exact) mass is 255 g/mol. The van der Waals surface area contributed by atoms with Crippen LogP contribution in [0.4, 0.5) is 5.69 Å². The van der Waals surface area contributed by atoms with E-state index in [0.717, 1.165) is 0 Å². The van der Waals surface area contributed by atoms with Crippen molar-refractivity contribution in [1.82, 2.24) is 0 Å². The molecule has 4 nitrogen and oxygen atoms in total. The Balaban J connectivity index is 1.97. The molecule has 0 aliphatic heterocycles. The first-order chi connectivity index (χ1) is 8.16. The van der Waals surface area contributed by atoms with Crippen molar-refractivity contribution in [1.29, 1.82) is 0 Å². The molecule has 17 heavy (non-hydrogen) atoms. The molecule has 5 heteroatoms. The Bertz CT molecular complexity index is 416. The zero-order valence-corrected chi connectivity index (χ0v) is 10.2. The lowest BCUT2D eigenvalue weighted by atomic mass is 10.1. The van der Waals surface area contributed by atoms with E-state index < -0.39 is 4.92 Å². The number of hydrogen-bond donors (Lipinski definition) is 0. The minimum Gasteiger partial charge on any atom is -0.493 e. The summed E-state index contributed by atoms with van der Waals surface area (Å²) in [5, 5.41) is 10.7. The van der Waals surface area contributed by atoms with E-state index >= 15 is 0 Å². The maximum Gasteiger partial charge on any atom is 0.288 e. The summed E-state index contributed by atoms with van der Waals surface area (Å²) in [7, 11) is 0. The number of nitro benzene ring substituents is 1. The van der Waals surface area contributed by atoms with Crippen molar-refractivity contribution in [3.8, 4) is 5.75 Å². The summed E-state index contributed by atoms with van der Waals surface area (Å²) in [4.78, 5) is 10.1. The molecule has 0 bridgehead atoms. The molecule has 1 aromatic rings. The van der Waals surface area contributed by atoms with E-state index in [-0.39, 0.29) is 10.7 Å². The van der Waals surface area contributed by atoms with Crippen LogP contribution in [0.25, 0.3) is 0 Å². The van der Waals surface area contributed by atoms with Gasteiger partial charge in [-0.1, -0.05) is 24.4 Å². The van der Waals surface area contributed by atoms with Gasteiger partial charge in [0.1, 0.15) is 10.8 Å². The van der Waals surface area contributed by atoms with E-state index in [4.69, 9.17) is 16.3 Å². The van der Waals surface area contributed by atoms with Crippen LogP contribution in [0.5, 0.6) is 5.75 Å². The molecule has 1 aromatic carbocycles. The van der Waals surface area contributed by atoms with Crippen molar-refractivity contribution in [2.75, 3.05) is 6.61 Å². The molecule has 0 amide bonds. The van der Waals surface area contributed by atoms with E-state index in [1.165, 1.54) is 37.8 Å². The summed E-state index contributed by atoms with van der Waals surface area (Å²) in [5.41, 5.74) is -0.0834. The Hall–Kier alpha value is -1.29. The Morgan fingerprint density at radius 3 is 2.71 bits per heavy atom. The molecule has 1 aliphatic carbocycles. The maximum atomic E-state index is 10.6. The molecule has 0 aromatic heterocycles. The fourth-order valence-electron chi connectivity index (χ4n) is 2.12. The zero-order chi connectivity index (χ0) is 12.3. The smallest absolute Gasteiger partial charge is 0.288 e. The summed E-state index contributed by atoms with van der Waals surface area (Å²) >= 11 is 5.80. The molecule has 0 N–H and O–H groups in total. The zero-order valence-electron chi connectivity index (χ0n) is 9.39. The van der Waals surface area contributed by atoms with Gasteiger partial charge in [-0.3, -0.25) is 10.1 Å². The van der Waals surface area contributed by atoms with Gasteiger partial charge < -0.3 is 4.74 Å². The molecule has 0 saturated heterocycles. The molecule has 92 valence electrons. The lowest BCUT2D eigenvalue weighted by Crippen LogP contribution is -2.07. The van der Waals surface area contributed by atoms with E-state index in [9.17, 15) is 10.1 Å². The number of ether oxygens (including phenoxy) is 1. The molecule has 1 aliphatic rings. The predicted molar refractivity (Wildman–Crippen MR) is 65.6 cm³/mol. The van der Waals surface area contributed by atoms with Crippen molar-refractivity contribution < 1.29 is 9.66 Å². The first kappa shape index (κ1) is 12.2. The van der Waals surface area contributed by atoms with Gasteiger partial charge in [-0.15, -0.1) is 0 Å². The van der Waals surface area contributed by atoms with Crippen LogP contribution < -0.4 is 4.74 Å². The van der Waals surface area contributed by atoms with Crippen LogP contribution in [-0.4, -0.2) is 11.5 Å². The highest BCUT2D eigenvalue weighted by molar-refractivity contribution is 6.32. The number of nitrogens with zero attached hydrogens (tertiary/aromatic N) is 1. The number of benzene rings is 1. The number of rotatable bonds is 4. The third-order valence-electron chi connectivity index (χ3n) is 3.08. The van der Waals surface area contributed by atoms with E-state index in [1.807, 2.05) is 0 Å². The van der Waals surface area contributed by atoms with Gasteiger partial charge in [0, 0.05) is 12.1 Å². The van der Waals surface area contributed by atoms with Gasteiger partial charge in [-0.2, -0.15) is 0 Å². The average Bonchev–Trinajstić information content (AvgIpc) is 2.78. The van der Waals surface area contributed by atoms with Gasteiger partial charge in [0.05, 0.1) is 11.5 Å². The topological polar surface area (TPSA) is 52.4 Å². The fraction of sp³-hybridized carbons (Fsp3) is 0.500. The van der Waals surface area contributed by atoms with E-state index in [0.29, 0.717) is 18.3 Å². The summed E-state index contributed by atoms with van der Waals surface area (Å²) < 4.78 is 5.60. The Morgan fingerprint density at radius 1 is 1.41 bits per heavy atom. The number of hydrogen-bond acceptors (Lipinski definition) is 3. The Morgan fingerprint density at radius 2 is 2.12 bits per heavy atom. The molecule has 0 atom stereocenters. The summed E-state index contributed by atoms with van der Waals surface area (Å²) in [6.07, 6.45) is 4.96. The third kappa shape index (κ3) is 3.09. The van der Waals surface area contributed by atoms with Gasteiger partial charge in [0.15, 0.2) is 0 Å². The molecule has 0 heterocycles. The van der Waals surface area contributed by atoms with Crippen LogP contribution in [-0.2, 0) is 0 Å². The van der Waals surface area contributed by atoms with Crippen molar-refractivity contribution in [2.45, 2.75) is 25.7 Å². The van der Waals surface area contributed by atoms with Crippen molar-refractivity contribution in [3.63, 3.8) is 0 Å². The Labute approximate surface area is 105 Å². The van der Waals surface area contributed by atoms with E-state index in [1.54, 1.807) is 6.07 Å². The van der Waals surface area contributed by atoms with Crippen LogP contribution in [0.1, 0.15) is 25.7 Å². The van der Waals surface area contributed by atoms with Crippen LogP contribution in [0.3, 0.4) is 0 Å². The lowest BCUT2D eigenvalue weighted by molar-refractivity contribution is -0.384. The number of halogens is 1. The molecule has 0 spiro atoms. The summed E-state index contributed by atoms with van der Waals surface area (Å²) in [6, 6.07) is 4.49. The second-order valence-electron chi connectivity index (χ2n) is 4.33. The lowest BCUT2D eigenvalue weighted by Gasteiger charge is -2.11. The van der Waals surface area contributed by atoms with Crippen LogP contribution in [0.15, 0.2) is 18.2 Å². The average molecular weight is 256 g/mol. The van der Waals surface area contributed by atoms with Crippen molar-refractivity contribution in [2.24, 2.45) is 5.92 Å². The minimum absolute atomic E-state index is 0.0834. The minimum atomic E-state index is -0.497. The van der Waals surface area contributed by atoms with Gasteiger partial charge >= 0.3 is 0 Å². The number of nitro groups is 1.